The lowest BCUT2D eigenvalue weighted by atomic mass is 10.3. The summed E-state index contributed by atoms with van der Waals surface area (Å²) in [4.78, 5) is 8.44. The SMILES string of the molecule is Cc1ccc(-c2nccs2)nc1. The maximum Gasteiger partial charge on any atom is 0.141 e. The molecule has 0 unspecified atom stereocenters. The standard InChI is InChI=1S/C9H8N2S/c1-7-2-3-8(11-6-7)9-10-4-5-12-9/h2-6H,1H3. The molecule has 0 aliphatic rings. The lowest BCUT2D eigenvalue weighted by molar-refractivity contribution is 1.25. The van der Waals surface area contributed by atoms with Crippen molar-refractivity contribution in [2.24, 2.45) is 0 Å². The Morgan fingerprint density at radius 2 is 2.17 bits per heavy atom. The van der Waals surface area contributed by atoms with Crippen molar-refractivity contribution in [1.82, 2.24) is 9.97 Å². The first-order valence-electron chi connectivity index (χ1n) is 3.69. The lowest BCUT2D eigenvalue weighted by Crippen LogP contribution is -1.81. The monoisotopic (exact) mass is 176 g/mol. The molecule has 2 aromatic rings. The van der Waals surface area contributed by atoms with Crippen LogP contribution in [0.25, 0.3) is 10.7 Å². The molecule has 0 aliphatic heterocycles. The van der Waals surface area contributed by atoms with Crippen LogP contribution in [0.3, 0.4) is 0 Å². The van der Waals surface area contributed by atoms with Crippen molar-refractivity contribution in [1.29, 1.82) is 0 Å². The molecule has 2 heterocycles. The molecule has 0 bridgehead atoms. The van der Waals surface area contributed by atoms with Gasteiger partial charge in [0.2, 0.25) is 0 Å². The average molecular weight is 176 g/mol. The first-order chi connectivity index (χ1) is 5.86. The topological polar surface area (TPSA) is 25.8 Å². The van der Waals surface area contributed by atoms with E-state index in [1.54, 1.807) is 17.5 Å². The predicted octanol–water partition coefficient (Wildman–Crippen LogP) is 2.51. The van der Waals surface area contributed by atoms with E-state index in [1.165, 1.54) is 5.56 Å². The van der Waals surface area contributed by atoms with Crippen LogP contribution >= 0.6 is 11.3 Å². The Labute approximate surface area is 74.9 Å². The van der Waals surface area contributed by atoms with Crippen LogP contribution in [-0.2, 0) is 0 Å². The van der Waals surface area contributed by atoms with Gasteiger partial charge in [0.15, 0.2) is 0 Å². The molecule has 0 aliphatic carbocycles. The van der Waals surface area contributed by atoms with Crippen LogP contribution in [0, 0.1) is 6.92 Å². The molecule has 3 heteroatoms. The minimum Gasteiger partial charge on any atom is -0.253 e. The molecule has 0 aromatic carbocycles. The summed E-state index contributed by atoms with van der Waals surface area (Å²) in [5.41, 5.74) is 2.13. The van der Waals surface area contributed by atoms with E-state index in [0.29, 0.717) is 0 Å². The Morgan fingerprint density at radius 1 is 1.25 bits per heavy atom. The number of thiazole rings is 1. The normalized spacial score (nSPS) is 10.1. The van der Waals surface area contributed by atoms with Gasteiger partial charge < -0.3 is 0 Å². The number of pyridine rings is 1. The molecule has 2 rings (SSSR count). The summed E-state index contributed by atoms with van der Waals surface area (Å²) in [6.07, 6.45) is 3.65. The quantitative estimate of drug-likeness (QED) is 0.667. The van der Waals surface area contributed by atoms with E-state index in [4.69, 9.17) is 0 Å². The molecule has 0 saturated heterocycles. The number of aryl methyl sites for hydroxylation is 1. The number of rotatable bonds is 1. The molecular weight excluding hydrogens is 168 g/mol. The highest BCUT2D eigenvalue weighted by atomic mass is 32.1. The van der Waals surface area contributed by atoms with Gasteiger partial charge >= 0.3 is 0 Å². The zero-order chi connectivity index (χ0) is 8.39. The van der Waals surface area contributed by atoms with Gasteiger partial charge in [-0.3, -0.25) is 4.98 Å². The summed E-state index contributed by atoms with van der Waals surface area (Å²) in [6.45, 7) is 2.03. The second-order valence-electron chi connectivity index (χ2n) is 2.56. The Balaban J connectivity index is 2.43. The molecule has 2 nitrogen and oxygen atoms in total. The van der Waals surface area contributed by atoms with Crippen LogP contribution in [-0.4, -0.2) is 9.97 Å². The number of hydrogen-bond acceptors (Lipinski definition) is 3. The van der Waals surface area contributed by atoms with Crippen molar-refractivity contribution < 1.29 is 0 Å². The zero-order valence-electron chi connectivity index (χ0n) is 6.69. The molecule has 0 fully saturated rings. The highest BCUT2D eigenvalue weighted by molar-refractivity contribution is 7.13. The average Bonchev–Trinajstić information content (AvgIpc) is 2.58. The van der Waals surface area contributed by atoms with Crippen LogP contribution in [0.15, 0.2) is 29.9 Å². The van der Waals surface area contributed by atoms with Crippen molar-refractivity contribution in [3.63, 3.8) is 0 Å². The van der Waals surface area contributed by atoms with Gasteiger partial charge in [0.25, 0.3) is 0 Å². The van der Waals surface area contributed by atoms with Crippen molar-refractivity contribution >= 4 is 11.3 Å². The maximum absolute atomic E-state index is 4.27. The smallest absolute Gasteiger partial charge is 0.141 e. The largest absolute Gasteiger partial charge is 0.253 e. The van der Waals surface area contributed by atoms with Gasteiger partial charge in [0.1, 0.15) is 5.01 Å². The predicted molar refractivity (Wildman–Crippen MR) is 50.1 cm³/mol. The summed E-state index contributed by atoms with van der Waals surface area (Å²) < 4.78 is 0. The number of aromatic nitrogens is 2. The van der Waals surface area contributed by atoms with Crippen LogP contribution in [0.5, 0.6) is 0 Å². The Bertz CT molecular complexity index is 351. The second kappa shape index (κ2) is 3.03. The van der Waals surface area contributed by atoms with Crippen molar-refractivity contribution in [2.45, 2.75) is 6.92 Å². The summed E-state index contributed by atoms with van der Waals surface area (Å²) in [5.74, 6) is 0. The molecule has 0 N–H and O–H groups in total. The van der Waals surface area contributed by atoms with E-state index >= 15 is 0 Å². The second-order valence-corrected chi connectivity index (χ2v) is 3.45. The summed E-state index contributed by atoms with van der Waals surface area (Å²) in [7, 11) is 0. The highest BCUT2D eigenvalue weighted by Gasteiger charge is 1.99. The van der Waals surface area contributed by atoms with E-state index < -0.39 is 0 Å². The van der Waals surface area contributed by atoms with E-state index in [-0.39, 0.29) is 0 Å². The van der Waals surface area contributed by atoms with E-state index in [9.17, 15) is 0 Å². The molecule has 0 spiro atoms. The Morgan fingerprint density at radius 3 is 2.75 bits per heavy atom. The molecule has 12 heavy (non-hydrogen) atoms. The summed E-state index contributed by atoms with van der Waals surface area (Å²) in [5, 5.41) is 2.94. The molecular formula is C9H8N2S. The van der Waals surface area contributed by atoms with Gasteiger partial charge in [-0.25, -0.2) is 4.98 Å². The fourth-order valence-corrected chi connectivity index (χ4v) is 1.56. The minimum atomic E-state index is 0.954. The van der Waals surface area contributed by atoms with Crippen molar-refractivity contribution in [3.8, 4) is 10.7 Å². The molecule has 60 valence electrons. The van der Waals surface area contributed by atoms with Gasteiger partial charge in [-0.1, -0.05) is 6.07 Å². The number of hydrogen-bond donors (Lipinski definition) is 0. The number of nitrogens with zero attached hydrogens (tertiary/aromatic N) is 2. The van der Waals surface area contributed by atoms with Gasteiger partial charge in [-0.2, -0.15) is 0 Å². The van der Waals surface area contributed by atoms with Gasteiger partial charge in [-0.15, -0.1) is 11.3 Å². The summed E-state index contributed by atoms with van der Waals surface area (Å²) in [6, 6.07) is 4.04. The Kier molecular flexibility index (Phi) is 1.87. The molecule has 0 saturated carbocycles. The van der Waals surface area contributed by atoms with E-state index in [2.05, 4.69) is 9.97 Å². The third-order valence-electron chi connectivity index (χ3n) is 1.56. The van der Waals surface area contributed by atoms with Gasteiger partial charge in [0, 0.05) is 17.8 Å². The first kappa shape index (κ1) is 7.43. The zero-order valence-corrected chi connectivity index (χ0v) is 7.51. The molecule has 0 atom stereocenters. The molecule has 0 amide bonds. The Hall–Kier alpha value is -1.22. The third kappa shape index (κ3) is 1.36. The first-order valence-corrected chi connectivity index (χ1v) is 4.57. The molecule has 0 radical (unpaired) electrons. The van der Waals surface area contributed by atoms with Gasteiger partial charge in [0.05, 0.1) is 5.69 Å². The van der Waals surface area contributed by atoms with Crippen LogP contribution < -0.4 is 0 Å². The fraction of sp³-hybridized carbons (Fsp3) is 0.111. The minimum absolute atomic E-state index is 0.954. The molecule has 2 aromatic heterocycles. The lowest BCUT2D eigenvalue weighted by Gasteiger charge is -1.94. The van der Waals surface area contributed by atoms with E-state index in [0.717, 1.165) is 10.7 Å². The van der Waals surface area contributed by atoms with Crippen molar-refractivity contribution in [3.05, 3.63) is 35.5 Å². The fourth-order valence-electron chi connectivity index (χ4n) is 0.944. The van der Waals surface area contributed by atoms with Crippen LogP contribution in [0.4, 0.5) is 0 Å². The van der Waals surface area contributed by atoms with Crippen LogP contribution in [0.1, 0.15) is 5.56 Å². The maximum atomic E-state index is 4.27. The van der Waals surface area contributed by atoms with Crippen LogP contribution in [0.2, 0.25) is 0 Å². The highest BCUT2D eigenvalue weighted by Crippen LogP contribution is 2.18. The van der Waals surface area contributed by atoms with Gasteiger partial charge in [-0.05, 0) is 18.6 Å². The van der Waals surface area contributed by atoms with E-state index in [1.807, 2.05) is 30.6 Å². The summed E-state index contributed by atoms with van der Waals surface area (Å²) >= 11 is 1.61. The van der Waals surface area contributed by atoms with Crippen molar-refractivity contribution in [2.75, 3.05) is 0 Å². The third-order valence-corrected chi connectivity index (χ3v) is 2.36.